The van der Waals surface area contributed by atoms with Crippen molar-refractivity contribution in [3.63, 3.8) is 0 Å². The standard InChI is InChI=1S/C16H19N3O2S/c1-11-4-6-13(7-5-11)14(18-12(2)20)10-15(21)19(3)16-17-8-9-22-16/h4-9,14H,10H2,1-3H3,(H,18,20)/t14-/m1/s1. The molecule has 0 bridgehead atoms. The Morgan fingerprint density at radius 2 is 2.00 bits per heavy atom. The van der Waals surface area contributed by atoms with E-state index in [-0.39, 0.29) is 24.3 Å². The second-order valence-corrected chi connectivity index (χ2v) is 6.01. The van der Waals surface area contributed by atoms with Crippen LogP contribution in [0.2, 0.25) is 0 Å². The molecule has 1 aromatic carbocycles. The van der Waals surface area contributed by atoms with Crippen LogP contribution < -0.4 is 10.2 Å². The van der Waals surface area contributed by atoms with Gasteiger partial charge < -0.3 is 5.32 Å². The van der Waals surface area contributed by atoms with E-state index < -0.39 is 0 Å². The summed E-state index contributed by atoms with van der Waals surface area (Å²) < 4.78 is 0. The zero-order valence-corrected chi connectivity index (χ0v) is 13.7. The predicted molar refractivity (Wildman–Crippen MR) is 87.9 cm³/mol. The van der Waals surface area contributed by atoms with Gasteiger partial charge in [0.15, 0.2) is 5.13 Å². The van der Waals surface area contributed by atoms with Gasteiger partial charge in [-0.3, -0.25) is 14.5 Å². The average molecular weight is 317 g/mol. The minimum Gasteiger partial charge on any atom is -0.349 e. The van der Waals surface area contributed by atoms with Crippen LogP contribution in [0.25, 0.3) is 0 Å². The Labute approximate surface area is 134 Å². The number of nitrogens with one attached hydrogen (secondary N) is 1. The van der Waals surface area contributed by atoms with Gasteiger partial charge in [0.05, 0.1) is 12.5 Å². The van der Waals surface area contributed by atoms with Crippen molar-refractivity contribution in [3.8, 4) is 0 Å². The summed E-state index contributed by atoms with van der Waals surface area (Å²) in [5.74, 6) is -0.246. The summed E-state index contributed by atoms with van der Waals surface area (Å²) in [7, 11) is 1.70. The van der Waals surface area contributed by atoms with Crippen LogP contribution in [0.1, 0.15) is 30.5 Å². The van der Waals surface area contributed by atoms with Gasteiger partial charge in [0.2, 0.25) is 11.8 Å². The Balaban J connectivity index is 2.14. The van der Waals surface area contributed by atoms with Gasteiger partial charge in [-0.1, -0.05) is 29.8 Å². The maximum Gasteiger partial charge on any atom is 0.230 e. The molecule has 1 aromatic heterocycles. The van der Waals surface area contributed by atoms with Crippen molar-refractivity contribution in [1.82, 2.24) is 10.3 Å². The fraction of sp³-hybridized carbons (Fsp3) is 0.312. The van der Waals surface area contributed by atoms with Gasteiger partial charge in [-0.2, -0.15) is 0 Å². The molecule has 0 spiro atoms. The molecule has 0 unspecified atom stereocenters. The molecule has 0 aliphatic carbocycles. The van der Waals surface area contributed by atoms with Gasteiger partial charge >= 0.3 is 0 Å². The van der Waals surface area contributed by atoms with Gasteiger partial charge in [-0.25, -0.2) is 4.98 Å². The highest BCUT2D eigenvalue weighted by Gasteiger charge is 2.21. The molecule has 0 saturated carbocycles. The number of benzene rings is 1. The van der Waals surface area contributed by atoms with Crippen LogP contribution in [0.5, 0.6) is 0 Å². The van der Waals surface area contributed by atoms with E-state index in [1.165, 1.54) is 23.2 Å². The predicted octanol–water partition coefficient (Wildman–Crippen LogP) is 2.68. The maximum absolute atomic E-state index is 12.4. The molecule has 2 amide bonds. The first-order valence-electron chi connectivity index (χ1n) is 6.97. The number of nitrogens with zero attached hydrogens (tertiary/aromatic N) is 2. The molecule has 0 aliphatic heterocycles. The molecule has 1 heterocycles. The number of aromatic nitrogens is 1. The van der Waals surface area contributed by atoms with Crippen molar-refractivity contribution in [2.24, 2.45) is 0 Å². The van der Waals surface area contributed by atoms with Crippen LogP contribution in [0, 0.1) is 6.92 Å². The normalized spacial score (nSPS) is 11.8. The molecule has 1 N–H and O–H groups in total. The number of amides is 2. The van der Waals surface area contributed by atoms with Crippen molar-refractivity contribution < 1.29 is 9.59 Å². The van der Waals surface area contributed by atoms with E-state index in [0.717, 1.165) is 11.1 Å². The van der Waals surface area contributed by atoms with Crippen LogP contribution >= 0.6 is 11.3 Å². The average Bonchev–Trinajstić information content (AvgIpc) is 3.00. The molecule has 22 heavy (non-hydrogen) atoms. The number of rotatable bonds is 5. The van der Waals surface area contributed by atoms with Crippen molar-refractivity contribution in [2.75, 3.05) is 11.9 Å². The number of hydrogen-bond donors (Lipinski definition) is 1. The highest BCUT2D eigenvalue weighted by molar-refractivity contribution is 7.13. The van der Waals surface area contributed by atoms with Gasteiger partial charge in [0, 0.05) is 25.5 Å². The number of thiazole rings is 1. The minimum absolute atomic E-state index is 0.0886. The highest BCUT2D eigenvalue weighted by Crippen LogP contribution is 2.22. The first-order valence-corrected chi connectivity index (χ1v) is 7.85. The number of carbonyl (C=O) groups excluding carboxylic acids is 2. The lowest BCUT2D eigenvalue weighted by Gasteiger charge is -2.21. The molecule has 2 rings (SSSR count). The molecule has 6 heteroatoms. The smallest absolute Gasteiger partial charge is 0.230 e. The Bertz CT molecular complexity index is 638. The zero-order chi connectivity index (χ0) is 16.1. The summed E-state index contributed by atoms with van der Waals surface area (Å²) in [6.07, 6.45) is 1.85. The first-order chi connectivity index (χ1) is 10.5. The lowest BCUT2D eigenvalue weighted by molar-refractivity contribution is -0.121. The molecule has 116 valence electrons. The van der Waals surface area contributed by atoms with Crippen LogP contribution in [-0.4, -0.2) is 23.8 Å². The molecule has 5 nitrogen and oxygen atoms in total. The SMILES string of the molecule is CC(=O)N[C@H](CC(=O)N(C)c1nccs1)c1ccc(C)cc1. The second kappa shape index (κ2) is 7.17. The minimum atomic E-state index is -0.340. The van der Waals surface area contributed by atoms with Crippen molar-refractivity contribution >= 4 is 28.3 Å². The van der Waals surface area contributed by atoms with E-state index in [1.807, 2.05) is 36.6 Å². The molecule has 2 aromatic rings. The van der Waals surface area contributed by atoms with Gasteiger partial charge in [-0.15, -0.1) is 11.3 Å². The third kappa shape index (κ3) is 4.14. The van der Waals surface area contributed by atoms with Crippen LogP contribution in [0.15, 0.2) is 35.8 Å². The summed E-state index contributed by atoms with van der Waals surface area (Å²) >= 11 is 1.40. The molecule has 0 aliphatic rings. The third-order valence-corrected chi connectivity index (χ3v) is 4.16. The molecule has 0 fully saturated rings. The van der Waals surface area contributed by atoms with Crippen LogP contribution in [0.4, 0.5) is 5.13 Å². The molecular formula is C16H19N3O2S. The monoisotopic (exact) mass is 317 g/mol. The number of carbonyl (C=O) groups is 2. The van der Waals surface area contributed by atoms with E-state index >= 15 is 0 Å². The molecule has 1 atom stereocenters. The summed E-state index contributed by atoms with van der Waals surface area (Å²) in [4.78, 5) is 29.5. The number of hydrogen-bond acceptors (Lipinski definition) is 4. The molecular weight excluding hydrogens is 298 g/mol. The Hall–Kier alpha value is -2.21. The summed E-state index contributed by atoms with van der Waals surface area (Å²) in [6.45, 7) is 3.45. The Morgan fingerprint density at radius 1 is 1.32 bits per heavy atom. The van der Waals surface area contributed by atoms with Crippen LogP contribution in [-0.2, 0) is 9.59 Å². The van der Waals surface area contributed by atoms with E-state index in [2.05, 4.69) is 10.3 Å². The van der Waals surface area contributed by atoms with E-state index in [4.69, 9.17) is 0 Å². The number of anilines is 1. The quantitative estimate of drug-likeness (QED) is 0.922. The van der Waals surface area contributed by atoms with Crippen molar-refractivity contribution in [2.45, 2.75) is 26.3 Å². The molecule has 0 saturated heterocycles. The lowest BCUT2D eigenvalue weighted by atomic mass is 10.0. The van der Waals surface area contributed by atoms with E-state index in [1.54, 1.807) is 13.2 Å². The van der Waals surface area contributed by atoms with Gasteiger partial charge in [0.1, 0.15) is 0 Å². The second-order valence-electron chi connectivity index (χ2n) is 5.14. The fourth-order valence-corrected chi connectivity index (χ4v) is 2.72. The highest BCUT2D eigenvalue weighted by atomic mass is 32.1. The number of aryl methyl sites for hydroxylation is 1. The van der Waals surface area contributed by atoms with E-state index in [9.17, 15) is 9.59 Å². The summed E-state index contributed by atoms with van der Waals surface area (Å²) in [6, 6.07) is 7.48. The summed E-state index contributed by atoms with van der Waals surface area (Å²) in [5.41, 5.74) is 2.05. The lowest BCUT2D eigenvalue weighted by Crippen LogP contribution is -2.33. The van der Waals surface area contributed by atoms with Gasteiger partial charge in [-0.05, 0) is 12.5 Å². The maximum atomic E-state index is 12.4. The van der Waals surface area contributed by atoms with Crippen molar-refractivity contribution in [3.05, 3.63) is 47.0 Å². The first kappa shape index (κ1) is 16.2. The van der Waals surface area contributed by atoms with Crippen LogP contribution in [0.3, 0.4) is 0 Å². The zero-order valence-electron chi connectivity index (χ0n) is 12.9. The van der Waals surface area contributed by atoms with Crippen molar-refractivity contribution in [1.29, 1.82) is 0 Å². The largest absolute Gasteiger partial charge is 0.349 e. The topological polar surface area (TPSA) is 62.3 Å². The Kier molecular flexibility index (Phi) is 5.27. The third-order valence-electron chi connectivity index (χ3n) is 3.32. The fourth-order valence-electron chi connectivity index (χ4n) is 2.10. The van der Waals surface area contributed by atoms with Gasteiger partial charge in [0.25, 0.3) is 0 Å². The summed E-state index contributed by atoms with van der Waals surface area (Å²) in [5, 5.41) is 5.32. The molecule has 0 radical (unpaired) electrons. The Morgan fingerprint density at radius 3 is 2.55 bits per heavy atom. The van der Waals surface area contributed by atoms with E-state index in [0.29, 0.717) is 5.13 Å².